The van der Waals surface area contributed by atoms with Crippen LogP contribution in [0.15, 0.2) is 71.8 Å². The molecule has 1 heterocycles. The van der Waals surface area contributed by atoms with Gasteiger partial charge in [0.2, 0.25) is 5.91 Å². The number of halogens is 1. The van der Waals surface area contributed by atoms with Crippen molar-refractivity contribution in [3.63, 3.8) is 0 Å². The molecule has 1 N–H and O–H groups in total. The van der Waals surface area contributed by atoms with E-state index in [0.717, 1.165) is 20.0 Å². The van der Waals surface area contributed by atoms with E-state index in [4.69, 9.17) is 16.3 Å². The van der Waals surface area contributed by atoms with Crippen LogP contribution in [0.5, 0.6) is 5.75 Å². The standard InChI is InChI=1S/C23H20ClN3O4S2/c1-15-3-9-20(31-2)22(11-15)33(29,30)27(19-7-4-17(24)5-8-19)14-23(28)26-18-6-10-21-16(12-18)13-25-32-21/h3-13H,14H2,1-2H3,(H,26,28). The number of nitrogens with zero attached hydrogens (tertiary/aromatic N) is 2. The number of benzene rings is 3. The molecule has 0 atom stereocenters. The number of nitrogens with one attached hydrogen (secondary N) is 1. The minimum Gasteiger partial charge on any atom is -0.495 e. The van der Waals surface area contributed by atoms with Gasteiger partial charge in [0, 0.05) is 22.3 Å². The third kappa shape index (κ3) is 4.95. The fourth-order valence-electron chi connectivity index (χ4n) is 3.31. The molecule has 170 valence electrons. The molecule has 0 aliphatic carbocycles. The first-order valence-electron chi connectivity index (χ1n) is 9.85. The number of carbonyl (C=O) groups is 1. The van der Waals surface area contributed by atoms with E-state index >= 15 is 0 Å². The van der Waals surface area contributed by atoms with Crippen molar-refractivity contribution in [2.45, 2.75) is 11.8 Å². The zero-order valence-corrected chi connectivity index (χ0v) is 20.2. The Balaban J connectivity index is 1.69. The third-order valence-electron chi connectivity index (χ3n) is 4.93. The molecule has 0 aliphatic heterocycles. The smallest absolute Gasteiger partial charge is 0.268 e. The summed E-state index contributed by atoms with van der Waals surface area (Å²) in [6.07, 6.45) is 1.71. The van der Waals surface area contributed by atoms with Crippen molar-refractivity contribution < 1.29 is 17.9 Å². The van der Waals surface area contributed by atoms with Gasteiger partial charge in [0.1, 0.15) is 17.2 Å². The fourth-order valence-corrected chi connectivity index (χ4v) is 5.72. The van der Waals surface area contributed by atoms with E-state index in [1.165, 1.54) is 24.7 Å². The summed E-state index contributed by atoms with van der Waals surface area (Å²) >= 11 is 7.35. The van der Waals surface area contributed by atoms with Crippen LogP contribution >= 0.6 is 23.1 Å². The van der Waals surface area contributed by atoms with E-state index in [1.54, 1.807) is 61.7 Å². The first-order valence-corrected chi connectivity index (χ1v) is 12.4. The molecule has 4 aromatic rings. The Morgan fingerprint density at radius 1 is 1.12 bits per heavy atom. The Morgan fingerprint density at radius 3 is 2.61 bits per heavy atom. The molecule has 7 nitrogen and oxygen atoms in total. The average molecular weight is 502 g/mol. The van der Waals surface area contributed by atoms with Gasteiger partial charge in [-0.05, 0) is 78.6 Å². The maximum absolute atomic E-state index is 13.7. The van der Waals surface area contributed by atoms with E-state index in [2.05, 4.69) is 9.69 Å². The highest BCUT2D eigenvalue weighted by molar-refractivity contribution is 7.93. The number of aryl methyl sites for hydroxylation is 1. The lowest BCUT2D eigenvalue weighted by molar-refractivity contribution is -0.114. The first kappa shape index (κ1) is 23.0. The van der Waals surface area contributed by atoms with Crippen molar-refractivity contribution in [1.29, 1.82) is 0 Å². The van der Waals surface area contributed by atoms with Gasteiger partial charge < -0.3 is 10.1 Å². The van der Waals surface area contributed by atoms with Crippen molar-refractivity contribution in [2.24, 2.45) is 0 Å². The topological polar surface area (TPSA) is 88.6 Å². The summed E-state index contributed by atoms with van der Waals surface area (Å²) in [6, 6.07) is 16.5. The van der Waals surface area contributed by atoms with Gasteiger partial charge in [0.15, 0.2) is 0 Å². The lowest BCUT2D eigenvalue weighted by Crippen LogP contribution is -2.38. The van der Waals surface area contributed by atoms with Gasteiger partial charge >= 0.3 is 0 Å². The van der Waals surface area contributed by atoms with Crippen molar-refractivity contribution in [3.8, 4) is 5.75 Å². The molecule has 0 bridgehead atoms. The van der Waals surface area contributed by atoms with Gasteiger partial charge in [0.05, 0.1) is 17.5 Å². The number of rotatable bonds is 7. The molecule has 0 spiro atoms. The number of hydrogen-bond donors (Lipinski definition) is 1. The molecule has 0 fully saturated rings. The highest BCUT2D eigenvalue weighted by Crippen LogP contribution is 2.31. The highest BCUT2D eigenvalue weighted by Gasteiger charge is 2.30. The van der Waals surface area contributed by atoms with Crippen LogP contribution in [0.2, 0.25) is 5.02 Å². The van der Waals surface area contributed by atoms with Crippen LogP contribution in [-0.2, 0) is 14.8 Å². The maximum Gasteiger partial charge on any atom is 0.268 e. The largest absolute Gasteiger partial charge is 0.495 e. The minimum absolute atomic E-state index is 0.0292. The van der Waals surface area contributed by atoms with Crippen molar-refractivity contribution in [2.75, 3.05) is 23.3 Å². The van der Waals surface area contributed by atoms with E-state index < -0.39 is 22.5 Å². The van der Waals surface area contributed by atoms with Crippen LogP contribution in [-0.4, -0.2) is 32.4 Å². The second kappa shape index (κ2) is 9.38. The summed E-state index contributed by atoms with van der Waals surface area (Å²) in [5.74, 6) is -0.307. The monoisotopic (exact) mass is 501 g/mol. The van der Waals surface area contributed by atoms with Gasteiger partial charge in [-0.1, -0.05) is 17.7 Å². The van der Waals surface area contributed by atoms with Gasteiger partial charge in [0.25, 0.3) is 10.0 Å². The first-order chi connectivity index (χ1) is 15.8. The number of amides is 1. The fraction of sp³-hybridized carbons (Fsp3) is 0.130. The number of methoxy groups -OCH3 is 1. The molecule has 1 aromatic heterocycles. The maximum atomic E-state index is 13.7. The van der Waals surface area contributed by atoms with Crippen molar-refractivity contribution >= 4 is 60.5 Å². The van der Waals surface area contributed by atoms with Crippen molar-refractivity contribution in [1.82, 2.24) is 4.37 Å². The van der Waals surface area contributed by atoms with E-state index in [9.17, 15) is 13.2 Å². The lowest BCUT2D eigenvalue weighted by atomic mass is 10.2. The zero-order chi connectivity index (χ0) is 23.6. The molecular formula is C23H20ClN3O4S2. The van der Waals surface area contributed by atoms with Crippen LogP contribution in [0, 0.1) is 6.92 Å². The number of fused-ring (bicyclic) bond motifs is 1. The Morgan fingerprint density at radius 2 is 1.88 bits per heavy atom. The van der Waals surface area contributed by atoms with Crippen LogP contribution in [0.25, 0.3) is 10.1 Å². The molecule has 0 radical (unpaired) electrons. The number of ether oxygens (including phenoxy) is 1. The molecule has 3 aromatic carbocycles. The Hall–Kier alpha value is -3.14. The number of hydrogen-bond acceptors (Lipinski definition) is 6. The van der Waals surface area contributed by atoms with Crippen LogP contribution in [0.1, 0.15) is 5.56 Å². The number of carbonyl (C=O) groups excluding carboxylic acids is 1. The van der Waals surface area contributed by atoms with Gasteiger partial charge in [-0.25, -0.2) is 8.42 Å². The predicted molar refractivity (Wildman–Crippen MR) is 132 cm³/mol. The van der Waals surface area contributed by atoms with Crippen LogP contribution in [0.3, 0.4) is 0 Å². The average Bonchev–Trinajstić information content (AvgIpc) is 3.26. The van der Waals surface area contributed by atoms with E-state index in [1.807, 2.05) is 6.07 Å². The molecule has 0 saturated carbocycles. The summed E-state index contributed by atoms with van der Waals surface area (Å²) < 4.78 is 38.9. The van der Waals surface area contributed by atoms with Gasteiger partial charge in [-0.2, -0.15) is 4.37 Å². The summed E-state index contributed by atoms with van der Waals surface area (Å²) in [5.41, 5.74) is 1.59. The predicted octanol–water partition coefficient (Wildman–Crippen LogP) is 5.10. The molecule has 0 aliphatic rings. The molecule has 0 saturated heterocycles. The summed E-state index contributed by atoms with van der Waals surface area (Å²) in [7, 11) is -2.75. The molecule has 33 heavy (non-hydrogen) atoms. The summed E-state index contributed by atoms with van der Waals surface area (Å²) in [5, 5.41) is 4.12. The quantitative estimate of drug-likeness (QED) is 0.380. The van der Waals surface area contributed by atoms with Crippen LogP contribution < -0.4 is 14.4 Å². The number of sulfonamides is 1. The molecular weight excluding hydrogens is 482 g/mol. The third-order valence-corrected chi connectivity index (χ3v) is 7.75. The number of anilines is 2. The zero-order valence-electron chi connectivity index (χ0n) is 17.8. The SMILES string of the molecule is COc1ccc(C)cc1S(=O)(=O)N(CC(=O)Nc1ccc2sncc2c1)c1ccc(Cl)cc1. The Labute approximate surface area is 200 Å². The Kier molecular flexibility index (Phi) is 6.55. The lowest BCUT2D eigenvalue weighted by Gasteiger charge is -2.25. The summed E-state index contributed by atoms with van der Waals surface area (Å²) in [4.78, 5) is 12.9. The molecule has 1 amide bonds. The summed E-state index contributed by atoms with van der Waals surface area (Å²) in [6.45, 7) is 1.34. The number of aromatic nitrogens is 1. The normalized spacial score (nSPS) is 11.4. The van der Waals surface area contributed by atoms with E-state index in [-0.39, 0.29) is 10.6 Å². The molecule has 4 rings (SSSR count). The molecule has 10 heteroatoms. The Bertz CT molecular complexity index is 1420. The molecule has 0 unspecified atom stereocenters. The second-order valence-electron chi connectivity index (χ2n) is 7.27. The van der Waals surface area contributed by atoms with Crippen LogP contribution in [0.4, 0.5) is 11.4 Å². The van der Waals surface area contributed by atoms with Gasteiger partial charge in [-0.3, -0.25) is 9.10 Å². The van der Waals surface area contributed by atoms with Gasteiger partial charge in [-0.15, -0.1) is 0 Å². The van der Waals surface area contributed by atoms with E-state index in [0.29, 0.717) is 16.4 Å². The van der Waals surface area contributed by atoms with Crippen molar-refractivity contribution in [3.05, 3.63) is 77.4 Å². The highest BCUT2D eigenvalue weighted by atomic mass is 35.5. The minimum atomic E-state index is -4.15. The second-order valence-corrected chi connectivity index (χ2v) is 10.4.